The summed E-state index contributed by atoms with van der Waals surface area (Å²) in [7, 11) is 0. The lowest BCUT2D eigenvalue weighted by atomic mass is 10.2. The third-order valence-electron chi connectivity index (χ3n) is 10.2. The van der Waals surface area contributed by atoms with Gasteiger partial charge in [0.15, 0.2) is 0 Å². The minimum absolute atomic E-state index is 0.0885. The number of nitrogens with zero attached hydrogens (tertiary/aromatic N) is 6. The number of benzene rings is 6. The molecule has 0 spiro atoms. The van der Waals surface area contributed by atoms with E-state index in [1.165, 1.54) is 0 Å². The van der Waals surface area contributed by atoms with Crippen LogP contribution in [0.3, 0.4) is 0 Å². The molecule has 1 atom stereocenters. The number of amides is 2. The Kier molecular flexibility index (Phi) is 16.9. The van der Waals surface area contributed by atoms with Crippen LogP contribution in [0.1, 0.15) is 44.7 Å². The third-order valence-corrected chi connectivity index (χ3v) is 10.2. The molecule has 18 heteroatoms. The number of aryl methyl sites for hydroxylation is 4. The molecule has 2 aromatic heterocycles. The van der Waals surface area contributed by atoms with E-state index in [1.54, 1.807) is 144 Å². The largest absolute Gasteiger partial charge is 0.539 e. The van der Waals surface area contributed by atoms with E-state index in [-0.39, 0.29) is 35.2 Å². The highest BCUT2D eigenvalue weighted by atomic mass is 16.8. The van der Waals surface area contributed by atoms with Gasteiger partial charge in [0.2, 0.25) is 5.78 Å². The van der Waals surface area contributed by atoms with Gasteiger partial charge in [-0.1, -0.05) is 108 Å². The highest BCUT2D eigenvalue weighted by Crippen LogP contribution is 2.21. The summed E-state index contributed by atoms with van der Waals surface area (Å²) in [5, 5.41) is 10.2. The lowest BCUT2D eigenvalue weighted by molar-refractivity contribution is -0.0924. The molecule has 8 aromatic rings. The molecule has 6 aromatic carbocycles. The topological polar surface area (TPSA) is 209 Å². The number of aromatic nitrogens is 4. The van der Waals surface area contributed by atoms with Crippen LogP contribution in [0.25, 0.3) is 11.4 Å². The summed E-state index contributed by atoms with van der Waals surface area (Å²) >= 11 is 0. The number of carbonyl (C=O) groups is 5. The van der Waals surface area contributed by atoms with Crippen molar-refractivity contribution in [1.29, 1.82) is 0 Å². The van der Waals surface area contributed by atoms with Gasteiger partial charge in [0.05, 0.1) is 29.7 Å². The maximum atomic E-state index is 13.0. The molecule has 366 valence electrons. The molecular weight excluding hydrogens is 923 g/mol. The summed E-state index contributed by atoms with van der Waals surface area (Å²) < 4.78 is 24.2. The van der Waals surface area contributed by atoms with Crippen molar-refractivity contribution in [3.8, 4) is 34.4 Å². The molecule has 2 heterocycles. The number of Topliss-reactive ketones (excluding diaryl/α,β-unsaturated/α-hetero) is 1. The van der Waals surface area contributed by atoms with Crippen LogP contribution < -0.4 is 24.7 Å². The normalized spacial score (nSPS) is 10.9. The Morgan fingerprint density at radius 2 is 0.861 bits per heavy atom. The molecule has 0 aliphatic rings. The van der Waals surface area contributed by atoms with Gasteiger partial charge in [-0.2, -0.15) is 10.2 Å². The molecule has 0 fully saturated rings. The van der Waals surface area contributed by atoms with Gasteiger partial charge in [-0.25, -0.2) is 28.5 Å². The Morgan fingerprint density at radius 3 is 1.31 bits per heavy atom. The fourth-order valence-corrected chi connectivity index (χ4v) is 6.62. The van der Waals surface area contributed by atoms with Crippen molar-refractivity contribution in [3.05, 3.63) is 216 Å². The molecule has 2 N–H and O–H groups in total. The number of para-hydroxylation sites is 4. The Morgan fingerprint density at radius 1 is 0.486 bits per heavy atom. The number of hydroxylamine groups is 4. The molecule has 0 saturated carbocycles. The van der Waals surface area contributed by atoms with E-state index in [2.05, 4.69) is 10.2 Å². The summed E-state index contributed by atoms with van der Waals surface area (Å²) in [6.45, 7) is 6.82. The van der Waals surface area contributed by atoms with Crippen LogP contribution in [0.5, 0.6) is 23.0 Å². The van der Waals surface area contributed by atoms with Crippen LogP contribution in [-0.4, -0.2) is 73.1 Å². The number of ketones is 1. The minimum atomic E-state index is -1.21. The maximum absolute atomic E-state index is 13.0. The van der Waals surface area contributed by atoms with Gasteiger partial charge in [-0.3, -0.25) is 14.5 Å². The zero-order valence-corrected chi connectivity index (χ0v) is 39.6. The highest BCUT2D eigenvalue weighted by Gasteiger charge is 2.29. The van der Waals surface area contributed by atoms with Gasteiger partial charge in [0, 0.05) is 11.4 Å². The second-order valence-electron chi connectivity index (χ2n) is 15.9. The van der Waals surface area contributed by atoms with Gasteiger partial charge in [0.1, 0.15) is 35.2 Å². The molecule has 2 amide bonds. The van der Waals surface area contributed by atoms with E-state index in [0.29, 0.717) is 16.5 Å². The first-order valence-corrected chi connectivity index (χ1v) is 22.3. The van der Waals surface area contributed by atoms with Gasteiger partial charge >= 0.3 is 24.5 Å². The van der Waals surface area contributed by atoms with E-state index >= 15 is 0 Å². The first-order chi connectivity index (χ1) is 34.8. The van der Waals surface area contributed by atoms with E-state index in [4.69, 9.17) is 34.4 Å². The van der Waals surface area contributed by atoms with Crippen molar-refractivity contribution >= 4 is 30.3 Å². The first kappa shape index (κ1) is 50.3. The summed E-state index contributed by atoms with van der Waals surface area (Å²) in [5.74, 6) is 0.384. The predicted octanol–water partition coefficient (Wildman–Crippen LogP) is 10.4. The zero-order chi connectivity index (χ0) is 51.0. The standard InChI is InChI=1S/C27H26N4O5.C27H23N3O6/c1-19-13-15-21(16-14-19)31-20(2)17-25(29-31)24(28)18-30(26(32)34-22-9-5-3-6-10-22)36-27(33)35-23-11-7-4-8-12-23;1-19-13-15-21(16-14-19)30-20(2)17-24(28-30)25(31)18-29(26(32)34-22-9-5-3-6-10-22)36-27(33)35-23-11-7-4-8-12-23/h3-17,24H,18,28H2,1-2H3;3-17H,18H2,1-2H3. The van der Waals surface area contributed by atoms with Gasteiger partial charge in [-0.05, 0) is 113 Å². The molecule has 0 bridgehead atoms. The van der Waals surface area contributed by atoms with Crippen molar-refractivity contribution in [2.45, 2.75) is 33.7 Å². The minimum Gasteiger partial charge on any atom is -0.408 e. The fraction of sp³-hybridized carbons (Fsp3) is 0.130. The van der Waals surface area contributed by atoms with Crippen molar-refractivity contribution < 1.29 is 52.6 Å². The summed E-state index contributed by atoms with van der Waals surface area (Å²) in [6.07, 6.45) is -4.33. The highest BCUT2D eigenvalue weighted by molar-refractivity contribution is 5.97. The Hall–Kier alpha value is -9.55. The number of nitrogens with two attached hydrogens (primary N) is 1. The SMILES string of the molecule is Cc1ccc(-n2nc(C(=O)CN(OC(=O)Oc3ccccc3)C(=O)Oc3ccccc3)cc2C)cc1.Cc1ccc(-n2nc(C(N)CN(OC(=O)Oc3ccccc3)C(=O)Oc3ccccc3)cc2C)cc1. The van der Waals surface area contributed by atoms with Crippen molar-refractivity contribution in [3.63, 3.8) is 0 Å². The van der Waals surface area contributed by atoms with Crippen LogP contribution in [0.4, 0.5) is 19.2 Å². The number of carbonyl (C=O) groups excluding carboxylic acids is 5. The average molecular weight is 972 g/mol. The average Bonchev–Trinajstić information content (AvgIpc) is 3.97. The lowest BCUT2D eigenvalue weighted by Gasteiger charge is -2.22. The monoisotopic (exact) mass is 971 g/mol. The van der Waals surface area contributed by atoms with Crippen LogP contribution in [0, 0.1) is 27.7 Å². The summed E-state index contributed by atoms with van der Waals surface area (Å²) in [6, 6.07) is 51.3. The van der Waals surface area contributed by atoms with Gasteiger partial charge in [-0.15, -0.1) is 10.1 Å². The fourth-order valence-electron chi connectivity index (χ4n) is 6.62. The van der Waals surface area contributed by atoms with E-state index in [0.717, 1.165) is 33.3 Å². The maximum Gasteiger partial charge on any atom is 0.539 e. The number of ether oxygens (including phenoxy) is 4. The molecule has 0 aliphatic heterocycles. The van der Waals surface area contributed by atoms with E-state index in [9.17, 15) is 24.0 Å². The second-order valence-corrected chi connectivity index (χ2v) is 15.9. The summed E-state index contributed by atoms with van der Waals surface area (Å²) in [5.41, 5.74) is 12.4. The van der Waals surface area contributed by atoms with Gasteiger partial charge in [0.25, 0.3) is 0 Å². The quantitative estimate of drug-likeness (QED) is 0.0523. The number of hydrogen-bond acceptors (Lipinski definition) is 14. The summed E-state index contributed by atoms with van der Waals surface area (Å²) in [4.78, 5) is 73.7. The second kappa shape index (κ2) is 24.1. The van der Waals surface area contributed by atoms with Crippen LogP contribution >= 0.6 is 0 Å². The smallest absolute Gasteiger partial charge is 0.408 e. The Balaban J connectivity index is 0.000000211. The molecule has 72 heavy (non-hydrogen) atoms. The molecule has 8 rings (SSSR count). The Bertz CT molecular complexity index is 3080. The molecule has 1 unspecified atom stereocenters. The predicted molar refractivity (Wildman–Crippen MR) is 263 cm³/mol. The van der Waals surface area contributed by atoms with Crippen molar-refractivity contribution in [2.75, 3.05) is 13.1 Å². The molecule has 0 saturated heterocycles. The van der Waals surface area contributed by atoms with Crippen molar-refractivity contribution in [1.82, 2.24) is 29.7 Å². The van der Waals surface area contributed by atoms with Gasteiger partial charge < -0.3 is 24.7 Å². The zero-order valence-electron chi connectivity index (χ0n) is 39.6. The number of rotatable bonds is 12. The Labute approximate surface area is 414 Å². The molecule has 18 nitrogen and oxygen atoms in total. The van der Waals surface area contributed by atoms with Crippen LogP contribution in [-0.2, 0) is 9.68 Å². The molecule has 0 radical (unpaired) electrons. The van der Waals surface area contributed by atoms with Crippen molar-refractivity contribution in [2.24, 2.45) is 5.73 Å². The lowest BCUT2D eigenvalue weighted by Crippen LogP contribution is -2.41. The molecule has 0 aliphatic carbocycles. The van der Waals surface area contributed by atoms with E-state index < -0.39 is 42.9 Å². The number of hydrogen-bond donors (Lipinski definition) is 1. The third kappa shape index (κ3) is 14.2. The van der Waals surface area contributed by atoms with Crippen LogP contribution in [0.15, 0.2) is 182 Å². The molecular formula is C54H49N7O11. The van der Waals surface area contributed by atoms with Crippen LogP contribution in [0.2, 0.25) is 0 Å². The van der Waals surface area contributed by atoms with E-state index in [1.807, 2.05) is 75.4 Å². The first-order valence-electron chi connectivity index (χ1n) is 22.3.